The third-order valence-electron chi connectivity index (χ3n) is 2.10. The van der Waals surface area contributed by atoms with Crippen LogP contribution in [0.3, 0.4) is 0 Å². The van der Waals surface area contributed by atoms with Gasteiger partial charge in [-0.05, 0) is 12.1 Å². The van der Waals surface area contributed by atoms with E-state index < -0.39 is 0 Å². The average Bonchev–Trinajstić information content (AvgIpc) is 2.78. The minimum absolute atomic E-state index is 0.701. The first-order valence-corrected chi connectivity index (χ1v) is 5.01. The minimum atomic E-state index is 0.701. The van der Waals surface area contributed by atoms with Crippen molar-refractivity contribution in [3.63, 3.8) is 0 Å². The van der Waals surface area contributed by atoms with E-state index in [0.717, 1.165) is 17.8 Å². The van der Waals surface area contributed by atoms with Crippen molar-refractivity contribution in [2.24, 2.45) is 0 Å². The number of nitrogens with one attached hydrogen (secondary N) is 1. The molecular formula is C11H13N5. The maximum absolute atomic E-state index is 4.09. The lowest BCUT2D eigenvalue weighted by Crippen LogP contribution is -2.13. The zero-order valence-corrected chi connectivity index (χ0v) is 8.87. The highest BCUT2D eigenvalue weighted by Gasteiger charge is 1.97. The topological polar surface area (TPSA) is 55.6 Å². The second-order valence-corrected chi connectivity index (χ2v) is 3.33. The normalized spacial score (nSPS) is 10.2. The van der Waals surface area contributed by atoms with Gasteiger partial charge in [0.25, 0.3) is 0 Å². The lowest BCUT2D eigenvalue weighted by molar-refractivity contribution is 0.670. The summed E-state index contributed by atoms with van der Waals surface area (Å²) in [6, 6.07) is 3.81. The van der Waals surface area contributed by atoms with Crippen LogP contribution in [0.1, 0.15) is 11.3 Å². The standard InChI is InChI=1S/C11H13N5/c1-2-16-9-10(7-14-16)6-12-8-11-4-3-5-13-15-11/h2-5,7,9,12H,1,6,8H2. The molecule has 2 rings (SSSR count). The Bertz CT molecular complexity index is 448. The zero-order valence-electron chi connectivity index (χ0n) is 8.87. The van der Waals surface area contributed by atoms with E-state index in [1.807, 2.05) is 24.5 Å². The van der Waals surface area contributed by atoms with E-state index in [0.29, 0.717) is 6.54 Å². The first-order chi connectivity index (χ1) is 7.88. The predicted molar refractivity (Wildman–Crippen MR) is 61.2 cm³/mol. The highest BCUT2D eigenvalue weighted by molar-refractivity contribution is 5.17. The van der Waals surface area contributed by atoms with Crippen molar-refractivity contribution >= 4 is 6.20 Å². The summed E-state index contributed by atoms with van der Waals surface area (Å²) in [4.78, 5) is 0. The largest absolute Gasteiger partial charge is 0.307 e. The lowest BCUT2D eigenvalue weighted by Gasteiger charge is -2.00. The fourth-order valence-corrected chi connectivity index (χ4v) is 1.33. The molecule has 0 saturated carbocycles. The summed E-state index contributed by atoms with van der Waals surface area (Å²) in [5.74, 6) is 0. The number of hydrogen-bond acceptors (Lipinski definition) is 4. The Morgan fingerprint density at radius 2 is 2.38 bits per heavy atom. The Balaban J connectivity index is 1.82. The van der Waals surface area contributed by atoms with Crippen LogP contribution in [0.25, 0.3) is 6.20 Å². The predicted octanol–water partition coefficient (Wildman–Crippen LogP) is 1.06. The molecule has 0 bridgehead atoms. The molecule has 82 valence electrons. The van der Waals surface area contributed by atoms with Crippen molar-refractivity contribution in [2.45, 2.75) is 13.1 Å². The molecule has 2 aromatic rings. The van der Waals surface area contributed by atoms with E-state index >= 15 is 0 Å². The van der Waals surface area contributed by atoms with E-state index in [4.69, 9.17) is 0 Å². The average molecular weight is 215 g/mol. The third kappa shape index (κ3) is 2.74. The van der Waals surface area contributed by atoms with Gasteiger partial charge in [-0.15, -0.1) is 0 Å². The Kier molecular flexibility index (Phi) is 3.40. The van der Waals surface area contributed by atoms with Crippen molar-refractivity contribution in [3.05, 3.63) is 48.6 Å². The SMILES string of the molecule is C=Cn1cc(CNCc2cccnn2)cn1. The van der Waals surface area contributed by atoms with E-state index in [1.165, 1.54) is 0 Å². The Morgan fingerprint density at radius 1 is 1.44 bits per heavy atom. The Morgan fingerprint density at radius 3 is 3.06 bits per heavy atom. The fraction of sp³-hybridized carbons (Fsp3) is 0.182. The molecule has 16 heavy (non-hydrogen) atoms. The van der Waals surface area contributed by atoms with Gasteiger partial charge in [0.1, 0.15) is 0 Å². The number of nitrogens with zero attached hydrogens (tertiary/aromatic N) is 4. The van der Waals surface area contributed by atoms with Gasteiger partial charge in [-0.1, -0.05) is 6.58 Å². The molecule has 0 spiro atoms. The molecule has 0 unspecified atom stereocenters. The molecule has 0 amide bonds. The van der Waals surface area contributed by atoms with Gasteiger partial charge >= 0.3 is 0 Å². The molecule has 0 aliphatic carbocycles. The maximum atomic E-state index is 4.09. The van der Waals surface area contributed by atoms with Gasteiger partial charge in [-0.3, -0.25) is 0 Å². The molecule has 2 heterocycles. The molecule has 0 fully saturated rings. The van der Waals surface area contributed by atoms with Crippen molar-refractivity contribution < 1.29 is 0 Å². The van der Waals surface area contributed by atoms with Crippen molar-refractivity contribution in [3.8, 4) is 0 Å². The molecule has 0 aliphatic rings. The van der Waals surface area contributed by atoms with Gasteiger partial charge in [0.05, 0.1) is 11.9 Å². The summed E-state index contributed by atoms with van der Waals surface area (Å²) in [5.41, 5.74) is 2.04. The minimum Gasteiger partial charge on any atom is -0.307 e. The second kappa shape index (κ2) is 5.18. The van der Waals surface area contributed by atoms with Crippen LogP contribution in [0.5, 0.6) is 0 Å². The van der Waals surface area contributed by atoms with E-state index in [2.05, 4.69) is 27.2 Å². The Labute approximate surface area is 93.8 Å². The van der Waals surface area contributed by atoms with Crippen LogP contribution in [0, 0.1) is 0 Å². The van der Waals surface area contributed by atoms with Crippen LogP contribution in [-0.4, -0.2) is 20.0 Å². The summed E-state index contributed by atoms with van der Waals surface area (Å²) in [5, 5.41) is 15.1. The third-order valence-corrected chi connectivity index (χ3v) is 2.10. The summed E-state index contributed by atoms with van der Waals surface area (Å²) in [6.45, 7) is 5.09. The highest BCUT2D eigenvalue weighted by atomic mass is 15.2. The van der Waals surface area contributed by atoms with Crippen LogP contribution in [0.15, 0.2) is 37.3 Å². The fourth-order valence-electron chi connectivity index (χ4n) is 1.33. The smallest absolute Gasteiger partial charge is 0.0769 e. The van der Waals surface area contributed by atoms with Gasteiger partial charge < -0.3 is 5.32 Å². The van der Waals surface area contributed by atoms with Crippen molar-refractivity contribution in [1.29, 1.82) is 0 Å². The van der Waals surface area contributed by atoms with E-state index in [1.54, 1.807) is 17.1 Å². The first-order valence-electron chi connectivity index (χ1n) is 5.01. The summed E-state index contributed by atoms with van der Waals surface area (Å²) in [6.07, 6.45) is 7.06. The number of rotatable bonds is 5. The molecule has 0 atom stereocenters. The quantitative estimate of drug-likeness (QED) is 0.810. The molecule has 1 N–H and O–H groups in total. The molecule has 2 aromatic heterocycles. The van der Waals surface area contributed by atoms with Gasteiger partial charge in [0.15, 0.2) is 0 Å². The van der Waals surface area contributed by atoms with E-state index in [9.17, 15) is 0 Å². The highest BCUT2D eigenvalue weighted by Crippen LogP contribution is 1.98. The molecule has 0 radical (unpaired) electrons. The van der Waals surface area contributed by atoms with Crippen LogP contribution in [0.4, 0.5) is 0 Å². The molecule has 0 aromatic carbocycles. The Hall–Kier alpha value is -2.01. The molecule has 0 saturated heterocycles. The molecule has 5 nitrogen and oxygen atoms in total. The second-order valence-electron chi connectivity index (χ2n) is 3.33. The lowest BCUT2D eigenvalue weighted by atomic mass is 10.3. The van der Waals surface area contributed by atoms with E-state index in [-0.39, 0.29) is 0 Å². The molecule has 0 aliphatic heterocycles. The monoisotopic (exact) mass is 215 g/mol. The van der Waals surface area contributed by atoms with Gasteiger partial charge in [0, 0.05) is 37.2 Å². The first kappa shape index (κ1) is 10.5. The van der Waals surface area contributed by atoms with Crippen molar-refractivity contribution in [2.75, 3.05) is 0 Å². The van der Waals surface area contributed by atoms with Gasteiger partial charge in [-0.25, -0.2) is 4.68 Å². The summed E-state index contributed by atoms with van der Waals surface area (Å²) < 4.78 is 1.68. The zero-order chi connectivity index (χ0) is 11.2. The van der Waals surface area contributed by atoms with Crippen LogP contribution >= 0.6 is 0 Å². The van der Waals surface area contributed by atoms with Gasteiger partial charge in [0.2, 0.25) is 0 Å². The summed E-state index contributed by atoms with van der Waals surface area (Å²) >= 11 is 0. The number of hydrogen-bond donors (Lipinski definition) is 1. The molecular weight excluding hydrogens is 202 g/mol. The van der Waals surface area contributed by atoms with Crippen LogP contribution in [0.2, 0.25) is 0 Å². The van der Waals surface area contributed by atoms with Crippen molar-refractivity contribution in [1.82, 2.24) is 25.3 Å². The maximum Gasteiger partial charge on any atom is 0.0769 e. The van der Waals surface area contributed by atoms with Gasteiger partial charge in [-0.2, -0.15) is 15.3 Å². The number of aromatic nitrogens is 4. The molecule has 5 heteroatoms. The summed E-state index contributed by atoms with van der Waals surface area (Å²) in [7, 11) is 0. The van der Waals surface area contributed by atoms with Crippen LogP contribution < -0.4 is 5.32 Å². The van der Waals surface area contributed by atoms with Crippen LogP contribution in [-0.2, 0) is 13.1 Å².